The Kier molecular flexibility index (Phi) is 6.46. The van der Waals surface area contributed by atoms with E-state index >= 15 is 0 Å². The molecule has 1 saturated heterocycles. The van der Waals surface area contributed by atoms with Crippen LogP contribution in [0.1, 0.15) is 44.7 Å². The molecule has 0 amide bonds. The van der Waals surface area contributed by atoms with E-state index < -0.39 is 10.2 Å². The van der Waals surface area contributed by atoms with Crippen LogP contribution in [0.2, 0.25) is 0 Å². The second-order valence-corrected chi connectivity index (χ2v) is 9.49. The molecule has 1 aromatic carbocycles. The first kappa shape index (κ1) is 20.6. The van der Waals surface area contributed by atoms with Crippen LogP contribution in [-0.4, -0.2) is 61.0 Å². The largest absolute Gasteiger partial charge is 0.508 e. The van der Waals surface area contributed by atoms with Gasteiger partial charge in [0, 0.05) is 31.7 Å². The number of phenolic OH excluding ortho intramolecular Hbond substituents is 1. The van der Waals surface area contributed by atoms with Crippen LogP contribution in [0.5, 0.6) is 5.75 Å². The predicted molar refractivity (Wildman–Crippen MR) is 108 cm³/mol. The Morgan fingerprint density at radius 2 is 1.96 bits per heavy atom. The lowest BCUT2D eigenvalue weighted by Gasteiger charge is -2.47. The molecule has 1 unspecified atom stereocenters. The van der Waals surface area contributed by atoms with Crippen LogP contribution in [0, 0.1) is 5.92 Å². The number of fused-ring (bicyclic) bond motifs is 2. The third-order valence-corrected chi connectivity index (χ3v) is 7.90. The average molecular weight is 396 g/mol. The summed E-state index contributed by atoms with van der Waals surface area (Å²) in [5, 5.41) is 10.3. The third kappa shape index (κ3) is 4.31. The van der Waals surface area contributed by atoms with Crippen molar-refractivity contribution < 1.29 is 13.5 Å². The van der Waals surface area contributed by atoms with Crippen LogP contribution in [0.15, 0.2) is 18.2 Å². The molecule has 0 spiro atoms. The summed E-state index contributed by atoms with van der Waals surface area (Å²) >= 11 is 0. The fourth-order valence-electron chi connectivity index (χ4n) is 4.84. The molecule has 7 heteroatoms. The number of rotatable bonds is 7. The SMILES string of the molecule is CCCN1C[C@@H](NS(=O)(=O)N(CC)CC)C[C@@H]2Cc3c(O)cccc3CC21. The number of piperidine rings is 1. The van der Waals surface area contributed by atoms with Crippen LogP contribution >= 0.6 is 0 Å². The van der Waals surface area contributed by atoms with Crippen molar-refractivity contribution in [2.45, 2.75) is 58.5 Å². The molecule has 1 heterocycles. The molecule has 0 radical (unpaired) electrons. The van der Waals surface area contributed by atoms with Gasteiger partial charge in [0.2, 0.25) is 0 Å². The molecule has 152 valence electrons. The van der Waals surface area contributed by atoms with Crippen LogP contribution in [-0.2, 0) is 23.1 Å². The van der Waals surface area contributed by atoms with E-state index in [0.29, 0.717) is 30.8 Å². The first-order valence-corrected chi connectivity index (χ1v) is 11.6. The summed E-state index contributed by atoms with van der Waals surface area (Å²) in [5.74, 6) is 0.731. The molecule has 1 aliphatic heterocycles. The zero-order valence-corrected chi connectivity index (χ0v) is 17.5. The van der Waals surface area contributed by atoms with Crippen molar-refractivity contribution in [3.63, 3.8) is 0 Å². The van der Waals surface area contributed by atoms with Gasteiger partial charge in [0.1, 0.15) is 5.75 Å². The van der Waals surface area contributed by atoms with Crippen LogP contribution < -0.4 is 4.72 Å². The molecule has 0 bridgehead atoms. The monoisotopic (exact) mass is 395 g/mol. The van der Waals surface area contributed by atoms with Crippen molar-refractivity contribution in [1.82, 2.24) is 13.9 Å². The molecule has 2 aliphatic rings. The molecular weight excluding hydrogens is 362 g/mol. The molecule has 3 rings (SSSR count). The van der Waals surface area contributed by atoms with Crippen molar-refractivity contribution in [3.05, 3.63) is 29.3 Å². The van der Waals surface area contributed by atoms with Gasteiger partial charge in [-0.3, -0.25) is 4.90 Å². The fourth-order valence-corrected chi connectivity index (χ4v) is 6.26. The second kappa shape index (κ2) is 8.47. The summed E-state index contributed by atoms with van der Waals surface area (Å²) in [6, 6.07) is 6.13. The Bertz CT molecular complexity index is 749. The first-order chi connectivity index (χ1) is 12.9. The zero-order valence-electron chi connectivity index (χ0n) is 16.7. The van der Waals surface area contributed by atoms with Gasteiger partial charge in [-0.1, -0.05) is 32.9 Å². The standard InChI is InChI=1S/C20H33N3O3S/c1-4-10-22-14-17(21-27(25,26)23(5-2)6-3)11-16-12-18-15(13-19(16)22)8-7-9-20(18)24/h7-9,16-17,19,21,24H,4-6,10-14H2,1-3H3/t16-,17+,19?/m1/s1. The average Bonchev–Trinajstić information content (AvgIpc) is 2.62. The minimum atomic E-state index is -3.46. The molecule has 3 atom stereocenters. The Balaban J connectivity index is 1.81. The summed E-state index contributed by atoms with van der Waals surface area (Å²) in [6.45, 7) is 8.58. The number of benzene rings is 1. The number of aromatic hydroxyl groups is 1. The van der Waals surface area contributed by atoms with Gasteiger partial charge < -0.3 is 5.11 Å². The van der Waals surface area contributed by atoms with Gasteiger partial charge in [-0.05, 0) is 55.3 Å². The minimum absolute atomic E-state index is 0.0872. The Morgan fingerprint density at radius 3 is 2.63 bits per heavy atom. The number of phenols is 1. The molecule has 1 aliphatic carbocycles. The Morgan fingerprint density at radius 1 is 1.22 bits per heavy atom. The number of hydrogen-bond donors (Lipinski definition) is 2. The van der Waals surface area contributed by atoms with E-state index in [4.69, 9.17) is 0 Å². The first-order valence-electron chi connectivity index (χ1n) is 10.2. The summed E-state index contributed by atoms with van der Waals surface area (Å²) in [4.78, 5) is 2.45. The Labute approximate surface area is 163 Å². The maximum Gasteiger partial charge on any atom is 0.279 e. The van der Waals surface area contributed by atoms with Gasteiger partial charge in [0.15, 0.2) is 0 Å². The lowest BCUT2D eigenvalue weighted by molar-refractivity contribution is 0.0679. The summed E-state index contributed by atoms with van der Waals surface area (Å²) < 4.78 is 29.8. The smallest absolute Gasteiger partial charge is 0.279 e. The molecule has 0 aromatic heterocycles. The summed E-state index contributed by atoms with van der Waals surface area (Å²) in [7, 11) is -3.46. The van der Waals surface area contributed by atoms with Gasteiger partial charge in [-0.15, -0.1) is 0 Å². The topological polar surface area (TPSA) is 72.9 Å². The van der Waals surface area contributed by atoms with Crippen LogP contribution in [0.25, 0.3) is 0 Å². The molecule has 2 N–H and O–H groups in total. The zero-order chi connectivity index (χ0) is 19.6. The fraction of sp³-hybridized carbons (Fsp3) is 0.700. The minimum Gasteiger partial charge on any atom is -0.508 e. The van der Waals surface area contributed by atoms with Crippen LogP contribution in [0.3, 0.4) is 0 Å². The van der Waals surface area contributed by atoms with E-state index in [9.17, 15) is 13.5 Å². The summed E-state index contributed by atoms with van der Waals surface area (Å²) in [6.07, 6.45) is 3.62. The number of likely N-dealkylation sites (tertiary alicyclic amines) is 1. The maximum absolute atomic E-state index is 12.7. The highest BCUT2D eigenvalue weighted by molar-refractivity contribution is 7.87. The molecule has 1 aromatic rings. The van der Waals surface area contributed by atoms with E-state index in [2.05, 4.69) is 22.6 Å². The molecule has 0 saturated carbocycles. The van der Waals surface area contributed by atoms with E-state index in [1.165, 1.54) is 9.87 Å². The van der Waals surface area contributed by atoms with Crippen molar-refractivity contribution in [3.8, 4) is 5.75 Å². The van der Waals surface area contributed by atoms with Gasteiger partial charge in [0.05, 0.1) is 0 Å². The number of nitrogens with one attached hydrogen (secondary N) is 1. The van der Waals surface area contributed by atoms with E-state index in [0.717, 1.165) is 44.3 Å². The van der Waals surface area contributed by atoms with Crippen molar-refractivity contribution in [2.75, 3.05) is 26.2 Å². The van der Waals surface area contributed by atoms with Gasteiger partial charge in [-0.25, -0.2) is 0 Å². The van der Waals surface area contributed by atoms with Crippen LogP contribution in [0.4, 0.5) is 0 Å². The van der Waals surface area contributed by atoms with E-state index in [-0.39, 0.29) is 6.04 Å². The van der Waals surface area contributed by atoms with Crippen molar-refractivity contribution in [1.29, 1.82) is 0 Å². The normalized spacial score (nSPS) is 26.0. The van der Waals surface area contributed by atoms with Crippen molar-refractivity contribution in [2.24, 2.45) is 5.92 Å². The molecule has 1 fully saturated rings. The molecule has 27 heavy (non-hydrogen) atoms. The molecular formula is C20H33N3O3S. The van der Waals surface area contributed by atoms with Gasteiger partial charge in [-0.2, -0.15) is 17.4 Å². The highest BCUT2D eigenvalue weighted by atomic mass is 32.2. The van der Waals surface area contributed by atoms with E-state index in [1.807, 2.05) is 19.9 Å². The lowest BCUT2D eigenvalue weighted by atomic mass is 9.74. The third-order valence-electron chi connectivity index (χ3n) is 6.07. The lowest BCUT2D eigenvalue weighted by Crippen LogP contribution is -2.59. The van der Waals surface area contributed by atoms with E-state index in [1.54, 1.807) is 6.07 Å². The second-order valence-electron chi connectivity index (χ2n) is 7.79. The highest BCUT2D eigenvalue weighted by Crippen LogP contribution is 2.38. The molecule has 6 nitrogen and oxygen atoms in total. The Hall–Kier alpha value is -1.15. The number of hydrogen-bond acceptors (Lipinski definition) is 4. The maximum atomic E-state index is 12.7. The predicted octanol–water partition coefficient (Wildman–Crippen LogP) is 2.14. The van der Waals surface area contributed by atoms with Gasteiger partial charge >= 0.3 is 0 Å². The number of nitrogens with zero attached hydrogens (tertiary/aromatic N) is 2. The highest BCUT2D eigenvalue weighted by Gasteiger charge is 2.40. The van der Waals surface area contributed by atoms with Gasteiger partial charge in [0.25, 0.3) is 10.2 Å². The quantitative estimate of drug-likeness (QED) is 0.742. The van der Waals surface area contributed by atoms with Crippen molar-refractivity contribution >= 4 is 10.2 Å². The summed E-state index contributed by atoms with van der Waals surface area (Å²) in [5.41, 5.74) is 2.28.